The van der Waals surface area contributed by atoms with E-state index in [0.717, 1.165) is 49.5 Å². The molecule has 3 heterocycles. The lowest BCUT2D eigenvalue weighted by atomic mass is 9.75. The minimum Gasteiger partial charge on any atom is -0.352 e. The number of nitrogens with zero attached hydrogens (tertiary/aromatic N) is 5. The Bertz CT molecular complexity index is 1340. The molecular formula is C27H27F3N6O2S. The molecule has 2 aliphatic heterocycles. The van der Waals surface area contributed by atoms with Crippen molar-refractivity contribution in [2.75, 3.05) is 36.5 Å². The van der Waals surface area contributed by atoms with E-state index in [9.17, 15) is 22.8 Å². The van der Waals surface area contributed by atoms with E-state index in [0.29, 0.717) is 36.6 Å². The van der Waals surface area contributed by atoms with Gasteiger partial charge in [-0.1, -0.05) is 0 Å². The van der Waals surface area contributed by atoms with Gasteiger partial charge in [-0.25, -0.2) is 4.98 Å². The van der Waals surface area contributed by atoms with Gasteiger partial charge < -0.3 is 15.1 Å². The first kappa shape index (κ1) is 27.0. The Kier molecular flexibility index (Phi) is 7.07. The van der Waals surface area contributed by atoms with Crippen molar-refractivity contribution in [3.05, 3.63) is 53.3 Å². The quantitative estimate of drug-likeness (QED) is 0.555. The highest BCUT2D eigenvalue weighted by atomic mass is 32.1. The second-order valence-electron chi connectivity index (χ2n) is 10.3. The standard InChI is InChI=1S/C27H27F3N6O2S/c1-34-11-7-17(8-12-34)15-33-23(37)18-3-5-19(6-4-18)36-25(39)35(24(38)26(36)9-2-10-26)20-13-21(27(28,29)30)22(14-31)32-16-20/h3-6,13,16-17H,2,7-12,15H2,1H3,(H,33,37). The maximum atomic E-state index is 13.6. The maximum absolute atomic E-state index is 13.6. The molecule has 1 spiro atoms. The van der Waals surface area contributed by atoms with Crippen LogP contribution in [-0.2, 0) is 11.0 Å². The molecular weight excluding hydrogens is 529 g/mol. The maximum Gasteiger partial charge on any atom is 0.419 e. The van der Waals surface area contributed by atoms with Gasteiger partial charge in [-0.05, 0) is 101 Å². The number of aromatic nitrogens is 1. The van der Waals surface area contributed by atoms with Crippen LogP contribution in [0, 0.1) is 17.2 Å². The van der Waals surface area contributed by atoms with Crippen LogP contribution in [0.3, 0.4) is 0 Å². The average Bonchev–Trinajstić information content (AvgIpc) is 3.14. The number of amides is 2. The summed E-state index contributed by atoms with van der Waals surface area (Å²) in [4.78, 5) is 35.0. The number of rotatable bonds is 5. The van der Waals surface area contributed by atoms with E-state index in [2.05, 4.69) is 22.2 Å². The molecule has 1 aliphatic carbocycles. The number of pyridine rings is 1. The SMILES string of the molecule is CN1CCC(CNC(=O)c2ccc(N3C(=S)N(c4cnc(C#N)c(C(F)(F)F)c4)C(=O)C34CCC4)cc2)CC1. The smallest absolute Gasteiger partial charge is 0.352 e. The highest BCUT2D eigenvalue weighted by molar-refractivity contribution is 7.81. The van der Waals surface area contributed by atoms with Crippen LogP contribution in [-0.4, -0.2) is 59.0 Å². The third-order valence-corrected chi connectivity index (χ3v) is 8.28. The summed E-state index contributed by atoms with van der Waals surface area (Å²) in [6, 6.07) is 8.91. The van der Waals surface area contributed by atoms with Crippen LogP contribution < -0.4 is 15.1 Å². The summed E-state index contributed by atoms with van der Waals surface area (Å²) in [7, 11) is 2.09. The number of alkyl halides is 3. The van der Waals surface area contributed by atoms with Crippen LogP contribution in [0.15, 0.2) is 36.5 Å². The number of anilines is 2. The fourth-order valence-corrected chi connectivity index (χ4v) is 5.92. The predicted octanol–water partition coefficient (Wildman–Crippen LogP) is 4.10. The van der Waals surface area contributed by atoms with Crippen molar-refractivity contribution in [2.24, 2.45) is 5.92 Å². The molecule has 0 radical (unpaired) electrons. The highest BCUT2D eigenvalue weighted by Crippen LogP contribution is 2.48. The van der Waals surface area contributed by atoms with Crippen LogP contribution in [0.1, 0.15) is 53.7 Å². The van der Waals surface area contributed by atoms with Gasteiger partial charge in [0.1, 0.15) is 11.6 Å². The Hall–Kier alpha value is -3.56. The van der Waals surface area contributed by atoms with Crippen molar-refractivity contribution < 1.29 is 22.8 Å². The number of carbonyl (C=O) groups excluding carboxylic acids is 2. The van der Waals surface area contributed by atoms with E-state index in [4.69, 9.17) is 17.5 Å². The fourth-order valence-electron chi connectivity index (χ4n) is 5.46. The molecule has 0 unspecified atom stereocenters. The van der Waals surface area contributed by atoms with Gasteiger partial charge in [0.05, 0.1) is 17.4 Å². The Morgan fingerprint density at radius 1 is 1.21 bits per heavy atom. The number of likely N-dealkylation sites (tertiary alicyclic amines) is 1. The van der Waals surface area contributed by atoms with E-state index < -0.39 is 28.9 Å². The van der Waals surface area contributed by atoms with Crippen molar-refractivity contribution in [1.82, 2.24) is 15.2 Å². The van der Waals surface area contributed by atoms with Gasteiger partial charge >= 0.3 is 6.18 Å². The Morgan fingerprint density at radius 3 is 2.44 bits per heavy atom. The zero-order valence-corrected chi connectivity index (χ0v) is 22.1. The number of hydrogen-bond donors (Lipinski definition) is 1. The molecule has 3 aliphatic rings. The summed E-state index contributed by atoms with van der Waals surface area (Å²) < 4.78 is 40.7. The number of carbonyl (C=O) groups is 2. The number of halogens is 3. The largest absolute Gasteiger partial charge is 0.419 e. The predicted molar refractivity (Wildman–Crippen MR) is 142 cm³/mol. The molecule has 0 atom stereocenters. The van der Waals surface area contributed by atoms with Gasteiger partial charge in [0.2, 0.25) is 0 Å². The molecule has 0 bridgehead atoms. The molecule has 12 heteroatoms. The van der Waals surface area contributed by atoms with Gasteiger partial charge in [-0.3, -0.25) is 14.5 Å². The molecule has 39 heavy (non-hydrogen) atoms. The molecule has 1 aromatic carbocycles. The van der Waals surface area contributed by atoms with E-state index in [1.54, 1.807) is 29.2 Å². The number of nitriles is 1. The molecule has 8 nitrogen and oxygen atoms in total. The van der Waals surface area contributed by atoms with Crippen LogP contribution in [0.2, 0.25) is 0 Å². The van der Waals surface area contributed by atoms with Crippen molar-refractivity contribution in [3.63, 3.8) is 0 Å². The van der Waals surface area contributed by atoms with Crippen LogP contribution in [0.4, 0.5) is 24.5 Å². The lowest BCUT2D eigenvalue weighted by Gasteiger charge is -2.43. The molecule has 1 N–H and O–H groups in total. The molecule has 5 rings (SSSR count). The van der Waals surface area contributed by atoms with Crippen molar-refractivity contribution >= 4 is 40.5 Å². The number of piperidine rings is 1. The van der Waals surface area contributed by atoms with Crippen molar-refractivity contribution in [3.8, 4) is 6.07 Å². The summed E-state index contributed by atoms with van der Waals surface area (Å²) in [6.07, 6.45) is 0.0351. The van der Waals surface area contributed by atoms with Crippen molar-refractivity contribution in [2.45, 2.75) is 43.8 Å². The van der Waals surface area contributed by atoms with Crippen LogP contribution in [0.5, 0.6) is 0 Å². The Balaban J connectivity index is 1.37. The molecule has 1 saturated carbocycles. The van der Waals surface area contributed by atoms with Crippen LogP contribution in [0.25, 0.3) is 0 Å². The molecule has 1 aromatic heterocycles. The third-order valence-electron chi connectivity index (χ3n) is 7.91. The summed E-state index contributed by atoms with van der Waals surface area (Å²) in [5.74, 6) is -0.182. The van der Waals surface area contributed by atoms with Crippen molar-refractivity contribution in [1.29, 1.82) is 5.26 Å². The molecule has 3 fully saturated rings. The van der Waals surface area contributed by atoms with E-state index in [1.165, 1.54) is 6.07 Å². The zero-order chi connectivity index (χ0) is 27.9. The topological polar surface area (TPSA) is 92.6 Å². The molecule has 2 amide bonds. The second-order valence-corrected chi connectivity index (χ2v) is 10.7. The zero-order valence-electron chi connectivity index (χ0n) is 21.3. The lowest BCUT2D eigenvalue weighted by Crippen LogP contribution is -2.55. The third kappa shape index (κ3) is 4.85. The van der Waals surface area contributed by atoms with Gasteiger partial charge in [-0.15, -0.1) is 0 Å². The molecule has 2 saturated heterocycles. The molecule has 204 valence electrons. The number of thiocarbonyl (C=S) groups is 1. The average molecular weight is 557 g/mol. The first-order valence-electron chi connectivity index (χ1n) is 12.8. The summed E-state index contributed by atoms with van der Waals surface area (Å²) >= 11 is 5.63. The van der Waals surface area contributed by atoms with E-state index >= 15 is 0 Å². The van der Waals surface area contributed by atoms with Gasteiger partial charge in [0.25, 0.3) is 11.8 Å². The monoisotopic (exact) mass is 556 g/mol. The first-order valence-corrected chi connectivity index (χ1v) is 13.2. The fraction of sp³-hybridized carbons (Fsp3) is 0.444. The highest BCUT2D eigenvalue weighted by Gasteiger charge is 2.59. The second kappa shape index (κ2) is 10.2. The summed E-state index contributed by atoms with van der Waals surface area (Å²) in [5, 5.41) is 12.1. The van der Waals surface area contributed by atoms with E-state index in [1.807, 2.05) is 0 Å². The Morgan fingerprint density at radius 2 is 1.87 bits per heavy atom. The van der Waals surface area contributed by atoms with E-state index in [-0.39, 0.29) is 16.7 Å². The first-order chi connectivity index (χ1) is 18.5. The number of benzene rings is 1. The number of hydrogen-bond acceptors (Lipinski definition) is 6. The lowest BCUT2D eigenvalue weighted by molar-refractivity contribution is -0.138. The van der Waals surface area contributed by atoms with Gasteiger partial charge in [-0.2, -0.15) is 18.4 Å². The van der Waals surface area contributed by atoms with Gasteiger partial charge in [0.15, 0.2) is 10.8 Å². The normalized spacial score (nSPS) is 19.8. The number of nitrogens with one attached hydrogen (secondary N) is 1. The Labute approximate surface area is 229 Å². The van der Waals surface area contributed by atoms with Gasteiger partial charge in [0, 0.05) is 17.8 Å². The summed E-state index contributed by atoms with van der Waals surface area (Å²) in [5.41, 5.74) is -2.12. The molecule has 2 aromatic rings. The van der Waals surface area contributed by atoms with Crippen LogP contribution >= 0.6 is 12.2 Å². The minimum atomic E-state index is -4.82. The minimum absolute atomic E-state index is 0.0267. The summed E-state index contributed by atoms with van der Waals surface area (Å²) in [6.45, 7) is 2.63.